The van der Waals surface area contributed by atoms with E-state index >= 15 is 0 Å². The van der Waals surface area contributed by atoms with Crippen LogP contribution in [-0.2, 0) is 26.2 Å². The fourth-order valence-corrected chi connectivity index (χ4v) is 6.63. The number of rotatable bonds is 11. The highest BCUT2D eigenvalue weighted by Crippen LogP contribution is 2.34. The van der Waals surface area contributed by atoms with Crippen LogP contribution in [0.15, 0.2) is 71.6 Å². The van der Waals surface area contributed by atoms with E-state index in [0.29, 0.717) is 5.75 Å². The predicted molar refractivity (Wildman–Crippen MR) is 165 cm³/mol. The van der Waals surface area contributed by atoms with Crippen molar-refractivity contribution in [2.24, 2.45) is 0 Å². The van der Waals surface area contributed by atoms with E-state index in [1.165, 1.54) is 24.1 Å². The molecule has 0 heterocycles. The highest BCUT2D eigenvalue weighted by Gasteiger charge is 2.34. The summed E-state index contributed by atoms with van der Waals surface area (Å²) >= 11 is 0. The van der Waals surface area contributed by atoms with Gasteiger partial charge in [0.25, 0.3) is 10.0 Å². The number of benzene rings is 3. The molecule has 0 radical (unpaired) electrons. The Bertz CT molecular complexity index is 1500. The smallest absolute Gasteiger partial charge is 0.264 e. The zero-order valence-electron chi connectivity index (χ0n) is 25.1. The number of sulfonamides is 1. The van der Waals surface area contributed by atoms with Gasteiger partial charge in [0, 0.05) is 12.6 Å². The molecule has 2 amide bonds. The van der Waals surface area contributed by atoms with E-state index in [2.05, 4.69) is 5.32 Å². The number of aryl methyl sites for hydroxylation is 3. The van der Waals surface area contributed by atoms with Gasteiger partial charge in [0.2, 0.25) is 11.8 Å². The van der Waals surface area contributed by atoms with Crippen LogP contribution < -0.4 is 14.4 Å². The summed E-state index contributed by atoms with van der Waals surface area (Å²) in [5, 5.41) is 3.10. The summed E-state index contributed by atoms with van der Waals surface area (Å²) in [6.45, 7) is 7.04. The maximum Gasteiger partial charge on any atom is 0.264 e. The standard InChI is InChI=1S/C33H41N3O5S/c1-23-10-15-27(16-11-23)21-35(26(4)33(38)34-28-8-6-7-9-28)32(37)22-36(30-20-25(3)14-19-31(30)41-5)42(39,40)29-17-12-24(2)13-18-29/h10-20,26,28H,6-9,21-22H2,1-5H3,(H,34,38). The molecule has 1 fully saturated rings. The number of hydrogen-bond donors (Lipinski definition) is 1. The normalized spacial score (nSPS) is 14.3. The van der Waals surface area contributed by atoms with Crippen LogP contribution >= 0.6 is 0 Å². The fourth-order valence-electron chi connectivity index (χ4n) is 5.21. The lowest BCUT2D eigenvalue weighted by atomic mass is 10.1. The second-order valence-electron chi connectivity index (χ2n) is 11.2. The molecule has 3 aromatic carbocycles. The molecular weight excluding hydrogens is 550 g/mol. The first-order valence-corrected chi connectivity index (χ1v) is 15.8. The van der Waals surface area contributed by atoms with E-state index in [0.717, 1.165) is 52.2 Å². The number of nitrogens with zero attached hydrogens (tertiary/aromatic N) is 2. The van der Waals surface area contributed by atoms with Crippen LogP contribution in [0.2, 0.25) is 0 Å². The Labute approximate surface area is 249 Å². The molecule has 9 heteroatoms. The minimum atomic E-state index is -4.19. The van der Waals surface area contributed by atoms with Gasteiger partial charge in [0.05, 0.1) is 17.7 Å². The number of nitrogens with one attached hydrogen (secondary N) is 1. The average Bonchev–Trinajstić information content (AvgIpc) is 3.48. The number of anilines is 1. The van der Waals surface area contributed by atoms with Crippen molar-refractivity contribution in [1.82, 2.24) is 10.2 Å². The summed E-state index contributed by atoms with van der Waals surface area (Å²) < 4.78 is 34.9. The maximum atomic E-state index is 14.2. The second kappa shape index (κ2) is 13.4. The minimum absolute atomic E-state index is 0.0570. The molecule has 0 bridgehead atoms. The zero-order valence-corrected chi connectivity index (χ0v) is 25.9. The molecule has 1 aliphatic rings. The Morgan fingerprint density at radius 2 is 1.48 bits per heavy atom. The molecule has 1 atom stereocenters. The van der Waals surface area contributed by atoms with Crippen LogP contribution in [0.25, 0.3) is 0 Å². The van der Waals surface area contributed by atoms with Crippen molar-refractivity contribution < 1.29 is 22.7 Å². The Morgan fingerprint density at radius 1 is 0.905 bits per heavy atom. The first-order valence-electron chi connectivity index (χ1n) is 14.4. The Morgan fingerprint density at radius 3 is 2.07 bits per heavy atom. The van der Waals surface area contributed by atoms with Crippen molar-refractivity contribution >= 4 is 27.5 Å². The molecule has 0 aromatic heterocycles. The molecule has 1 unspecified atom stereocenters. The number of amides is 2. The summed E-state index contributed by atoms with van der Waals surface area (Å²) in [6.07, 6.45) is 3.96. The van der Waals surface area contributed by atoms with Crippen LogP contribution in [0, 0.1) is 20.8 Å². The summed E-state index contributed by atoms with van der Waals surface area (Å²) in [5.41, 5.74) is 3.89. The zero-order chi connectivity index (χ0) is 30.4. The van der Waals surface area contributed by atoms with Crippen LogP contribution in [-0.4, -0.2) is 50.9 Å². The summed E-state index contributed by atoms with van der Waals surface area (Å²) in [6, 6.07) is 18.7. The van der Waals surface area contributed by atoms with E-state index in [1.807, 2.05) is 51.1 Å². The van der Waals surface area contributed by atoms with Crippen LogP contribution in [0.5, 0.6) is 5.75 Å². The Kier molecular flexibility index (Phi) is 9.93. The fraction of sp³-hybridized carbons (Fsp3) is 0.394. The summed E-state index contributed by atoms with van der Waals surface area (Å²) in [5.74, 6) is -0.423. The molecule has 1 aliphatic carbocycles. The first-order chi connectivity index (χ1) is 20.0. The van der Waals surface area contributed by atoms with E-state index < -0.39 is 28.5 Å². The molecule has 0 saturated heterocycles. The molecule has 4 rings (SSSR count). The van der Waals surface area contributed by atoms with Crippen LogP contribution in [0.1, 0.15) is 54.9 Å². The monoisotopic (exact) mass is 591 g/mol. The Hall–Kier alpha value is -3.85. The van der Waals surface area contributed by atoms with Gasteiger partial charge in [-0.05, 0) is 75.9 Å². The lowest BCUT2D eigenvalue weighted by molar-refractivity contribution is -0.139. The molecule has 8 nitrogen and oxygen atoms in total. The minimum Gasteiger partial charge on any atom is -0.495 e. The van der Waals surface area contributed by atoms with Crippen LogP contribution in [0.4, 0.5) is 5.69 Å². The molecule has 42 heavy (non-hydrogen) atoms. The Balaban J connectivity index is 1.73. The van der Waals surface area contributed by atoms with Gasteiger partial charge in [-0.2, -0.15) is 0 Å². The molecule has 0 spiro atoms. The molecule has 3 aromatic rings. The van der Waals surface area contributed by atoms with Gasteiger partial charge in [-0.25, -0.2) is 8.42 Å². The lowest BCUT2D eigenvalue weighted by Crippen LogP contribution is -2.52. The lowest BCUT2D eigenvalue weighted by Gasteiger charge is -2.33. The SMILES string of the molecule is COc1ccc(C)cc1N(CC(=O)N(Cc1ccc(C)cc1)C(C)C(=O)NC1CCCC1)S(=O)(=O)c1ccc(C)cc1. The van der Waals surface area contributed by atoms with Gasteiger partial charge >= 0.3 is 0 Å². The highest BCUT2D eigenvalue weighted by atomic mass is 32.2. The second-order valence-corrected chi connectivity index (χ2v) is 13.0. The predicted octanol–water partition coefficient (Wildman–Crippen LogP) is 5.29. The molecular formula is C33H41N3O5S. The van der Waals surface area contributed by atoms with E-state index in [-0.39, 0.29) is 29.1 Å². The maximum absolute atomic E-state index is 14.2. The van der Waals surface area contributed by atoms with Gasteiger partial charge in [-0.3, -0.25) is 13.9 Å². The van der Waals surface area contributed by atoms with Gasteiger partial charge < -0.3 is 15.0 Å². The number of methoxy groups -OCH3 is 1. The highest BCUT2D eigenvalue weighted by molar-refractivity contribution is 7.92. The van der Waals surface area contributed by atoms with E-state index in [4.69, 9.17) is 4.74 Å². The number of ether oxygens (including phenoxy) is 1. The molecule has 0 aliphatic heterocycles. The van der Waals surface area contributed by atoms with Gasteiger partial charge in [-0.15, -0.1) is 0 Å². The van der Waals surface area contributed by atoms with Crippen molar-refractivity contribution in [1.29, 1.82) is 0 Å². The van der Waals surface area contributed by atoms with Gasteiger partial charge in [-0.1, -0.05) is 66.4 Å². The van der Waals surface area contributed by atoms with Gasteiger partial charge in [0.15, 0.2) is 0 Å². The number of carbonyl (C=O) groups excluding carboxylic acids is 2. The summed E-state index contributed by atoms with van der Waals surface area (Å²) in [4.78, 5) is 29.1. The summed E-state index contributed by atoms with van der Waals surface area (Å²) in [7, 11) is -2.72. The van der Waals surface area contributed by atoms with Crippen molar-refractivity contribution in [2.75, 3.05) is 18.0 Å². The van der Waals surface area contributed by atoms with Crippen molar-refractivity contribution in [2.45, 2.75) is 76.9 Å². The molecule has 1 N–H and O–H groups in total. The topological polar surface area (TPSA) is 96.0 Å². The number of carbonyl (C=O) groups is 2. The van der Waals surface area contributed by atoms with Crippen molar-refractivity contribution in [3.8, 4) is 5.75 Å². The quantitative estimate of drug-likeness (QED) is 0.327. The van der Waals surface area contributed by atoms with Crippen molar-refractivity contribution in [3.05, 3.63) is 89.0 Å². The van der Waals surface area contributed by atoms with Crippen LogP contribution in [0.3, 0.4) is 0 Å². The third kappa shape index (κ3) is 7.31. The molecule has 224 valence electrons. The van der Waals surface area contributed by atoms with Crippen molar-refractivity contribution in [3.63, 3.8) is 0 Å². The van der Waals surface area contributed by atoms with E-state index in [1.54, 1.807) is 31.2 Å². The number of hydrogen-bond acceptors (Lipinski definition) is 5. The third-order valence-corrected chi connectivity index (χ3v) is 9.61. The van der Waals surface area contributed by atoms with E-state index in [9.17, 15) is 18.0 Å². The average molecular weight is 592 g/mol. The third-order valence-electron chi connectivity index (χ3n) is 7.83. The van der Waals surface area contributed by atoms with Gasteiger partial charge in [0.1, 0.15) is 18.3 Å². The largest absolute Gasteiger partial charge is 0.495 e. The first kappa shape index (κ1) is 31.1. The molecule has 1 saturated carbocycles.